The second kappa shape index (κ2) is 5.84. The number of nitrogens with two attached hydrogens (primary N) is 1. The van der Waals surface area contributed by atoms with Crippen LogP contribution in [0.5, 0.6) is 0 Å². The summed E-state index contributed by atoms with van der Waals surface area (Å²) in [6.45, 7) is 0. The molecule has 2 aromatic heterocycles. The number of hydrogen-bond donors (Lipinski definition) is 2. The van der Waals surface area contributed by atoms with Crippen molar-refractivity contribution in [1.82, 2.24) is 20.1 Å². The highest BCUT2D eigenvalue weighted by Gasteiger charge is 2.16. The van der Waals surface area contributed by atoms with Crippen LogP contribution in [0.3, 0.4) is 0 Å². The molecule has 1 aromatic carbocycles. The number of halogens is 1. The fourth-order valence-corrected chi connectivity index (χ4v) is 2.04. The van der Waals surface area contributed by atoms with Crippen molar-refractivity contribution < 1.29 is 8.91 Å². The Morgan fingerprint density at radius 1 is 1.38 bits per heavy atom. The third-order valence-electron chi connectivity index (χ3n) is 3.05. The average molecular weight is 287 g/mol. The van der Waals surface area contributed by atoms with Gasteiger partial charge in [0.15, 0.2) is 5.82 Å². The fraction of sp³-hybridized carbons (Fsp3) is 0.214. The molecule has 2 heterocycles. The first kappa shape index (κ1) is 13.4. The monoisotopic (exact) mass is 287 g/mol. The molecule has 1 atom stereocenters. The van der Waals surface area contributed by atoms with Crippen LogP contribution < -0.4 is 5.73 Å². The largest absolute Gasteiger partial charge is 0.348 e. The molecule has 0 radical (unpaired) electrons. The summed E-state index contributed by atoms with van der Waals surface area (Å²) in [7, 11) is 0. The van der Waals surface area contributed by atoms with Gasteiger partial charge in [0.05, 0.1) is 12.4 Å². The lowest BCUT2D eigenvalue weighted by Crippen LogP contribution is -2.14. The van der Waals surface area contributed by atoms with Crippen LogP contribution in [0.15, 0.2) is 41.3 Å². The van der Waals surface area contributed by atoms with Gasteiger partial charge < -0.3 is 15.2 Å². The summed E-state index contributed by atoms with van der Waals surface area (Å²) in [4.78, 5) is 11.1. The number of rotatable bonds is 5. The molecule has 108 valence electrons. The zero-order valence-electron chi connectivity index (χ0n) is 11.2. The summed E-state index contributed by atoms with van der Waals surface area (Å²) in [5.41, 5.74) is 7.69. The van der Waals surface area contributed by atoms with E-state index in [0.29, 0.717) is 24.6 Å². The summed E-state index contributed by atoms with van der Waals surface area (Å²) in [5, 5.41) is 3.88. The van der Waals surface area contributed by atoms with Gasteiger partial charge in [0.1, 0.15) is 5.82 Å². The smallest absolute Gasteiger partial charge is 0.243 e. The first-order valence-electron chi connectivity index (χ1n) is 6.50. The maximum atomic E-state index is 13.1. The molecule has 3 N–H and O–H groups in total. The highest BCUT2D eigenvalue weighted by atomic mass is 19.1. The lowest BCUT2D eigenvalue weighted by atomic mass is 10.1. The van der Waals surface area contributed by atoms with E-state index < -0.39 is 6.04 Å². The lowest BCUT2D eigenvalue weighted by molar-refractivity contribution is 0.350. The molecule has 0 fully saturated rings. The van der Waals surface area contributed by atoms with Crippen LogP contribution in [0.1, 0.15) is 29.0 Å². The zero-order chi connectivity index (χ0) is 14.7. The van der Waals surface area contributed by atoms with Gasteiger partial charge in [-0.05, 0) is 17.7 Å². The number of benzene rings is 1. The predicted molar refractivity (Wildman–Crippen MR) is 72.7 cm³/mol. The average Bonchev–Trinajstić information content (AvgIpc) is 3.10. The van der Waals surface area contributed by atoms with Gasteiger partial charge in [0, 0.05) is 24.7 Å². The standard InChI is InChI=1S/C14H14FN5O/c15-10-3-1-2-9(4-10)5-13-19-14(21-20-13)12(16)6-11-7-17-8-18-11/h1-4,7-8,12H,5-6,16H2,(H,17,18)/t12-/m1/s1. The highest BCUT2D eigenvalue weighted by Crippen LogP contribution is 2.14. The molecule has 0 aliphatic rings. The third kappa shape index (κ3) is 3.32. The van der Waals surface area contributed by atoms with Crippen molar-refractivity contribution in [3.05, 3.63) is 65.6 Å². The molecule has 3 aromatic rings. The number of aromatic amines is 1. The molecule has 0 aliphatic carbocycles. The molecule has 0 unspecified atom stereocenters. The summed E-state index contributed by atoms with van der Waals surface area (Å²) < 4.78 is 18.3. The van der Waals surface area contributed by atoms with E-state index in [1.54, 1.807) is 18.6 Å². The quantitative estimate of drug-likeness (QED) is 0.745. The van der Waals surface area contributed by atoms with Gasteiger partial charge in [0.25, 0.3) is 0 Å². The molecular weight excluding hydrogens is 273 g/mol. The molecule has 3 rings (SSSR count). The Bertz CT molecular complexity index is 710. The summed E-state index contributed by atoms with van der Waals surface area (Å²) >= 11 is 0. The molecule has 0 aliphatic heterocycles. The topological polar surface area (TPSA) is 93.6 Å². The molecule has 6 nitrogen and oxygen atoms in total. The Morgan fingerprint density at radius 3 is 3.05 bits per heavy atom. The first-order valence-corrected chi connectivity index (χ1v) is 6.50. The number of aromatic nitrogens is 4. The Morgan fingerprint density at radius 2 is 2.29 bits per heavy atom. The van der Waals surface area contributed by atoms with Crippen molar-refractivity contribution in [1.29, 1.82) is 0 Å². The summed E-state index contributed by atoms with van der Waals surface area (Å²) in [6, 6.07) is 5.89. The van der Waals surface area contributed by atoms with Gasteiger partial charge in [-0.15, -0.1) is 0 Å². The van der Waals surface area contributed by atoms with Crippen molar-refractivity contribution in [2.24, 2.45) is 5.73 Å². The number of H-pyrrole nitrogens is 1. The van der Waals surface area contributed by atoms with Crippen LogP contribution in [0, 0.1) is 5.82 Å². The van der Waals surface area contributed by atoms with E-state index in [4.69, 9.17) is 10.3 Å². The van der Waals surface area contributed by atoms with Crippen LogP contribution in [0.25, 0.3) is 0 Å². The normalized spacial score (nSPS) is 12.5. The van der Waals surface area contributed by atoms with Crippen LogP contribution in [0.4, 0.5) is 4.39 Å². The SMILES string of the molecule is N[C@H](Cc1cnc[nH]1)c1nc(Cc2cccc(F)c2)no1. The van der Waals surface area contributed by atoms with Crippen molar-refractivity contribution in [3.63, 3.8) is 0 Å². The summed E-state index contributed by atoms with van der Waals surface area (Å²) in [5.74, 6) is 0.554. The van der Waals surface area contributed by atoms with E-state index in [0.717, 1.165) is 11.3 Å². The minimum absolute atomic E-state index is 0.285. The molecule has 0 amide bonds. The van der Waals surface area contributed by atoms with Crippen molar-refractivity contribution >= 4 is 0 Å². The highest BCUT2D eigenvalue weighted by molar-refractivity contribution is 5.19. The van der Waals surface area contributed by atoms with Crippen LogP contribution in [0.2, 0.25) is 0 Å². The van der Waals surface area contributed by atoms with Crippen molar-refractivity contribution in [2.75, 3.05) is 0 Å². The van der Waals surface area contributed by atoms with Gasteiger partial charge in [-0.2, -0.15) is 4.98 Å². The van der Waals surface area contributed by atoms with Gasteiger partial charge in [-0.3, -0.25) is 0 Å². The minimum atomic E-state index is -0.404. The molecular formula is C14H14FN5O. The zero-order valence-corrected chi connectivity index (χ0v) is 11.2. The Labute approximate surface area is 120 Å². The van der Waals surface area contributed by atoms with E-state index >= 15 is 0 Å². The lowest BCUT2D eigenvalue weighted by Gasteiger charge is -2.03. The van der Waals surface area contributed by atoms with E-state index in [2.05, 4.69) is 20.1 Å². The third-order valence-corrected chi connectivity index (χ3v) is 3.05. The van der Waals surface area contributed by atoms with Gasteiger partial charge >= 0.3 is 0 Å². The Hall–Kier alpha value is -2.54. The first-order chi connectivity index (χ1) is 10.2. The maximum absolute atomic E-state index is 13.1. The molecule has 0 bridgehead atoms. The number of hydrogen-bond acceptors (Lipinski definition) is 5. The van der Waals surface area contributed by atoms with E-state index in [1.165, 1.54) is 12.1 Å². The molecule has 0 saturated heterocycles. The Balaban J connectivity index is 1.68. The molecule has 0 saturated carbocycles. The second-order valence-electron chi connectivity index (χ2n) is 4.74. The number of imidazole rings is 1. The maximum Gasteiger partial charge on any atom is 0.243 e. The molecule has 21 heavy (non-hydrogen) atoms. The van der Waals surface area contributed by atoms with E-state index in [9.17, 15) is 4.39 Å². The van der Waals surface area contributed by atoms with Crippen molar-refractivity contribution in [2.45, 2.75) is 18.9 Å². The van der Waals surface area contributed by atoms with Crippen LogP contribution in [-0.2, 0) is 12.8 Å². The molecule has 7 heteroatoms. The van der Waals surface area contributed by atoms with Crippen molar-refractivity contribution in [3.8, 4) is 0 Å². The minimum Gasteiger partial charge on any atom is -0.348 e. The predicted octanol–water partition coefficient (Wildman–Crippen LogP) is 1.77. The summed E-state index contributed by atoms with van der Waals surface area (Å²) in [6.07, 6.45) is 4.22. The van der Waals surface area contributed by atoms with E-state index in [1.807, 2.05) is 6.07 Å². The molecule has 0 spiro atoms. The number of nitrogens with zero attached hydrogens (tertiary/aromatic N) is 3. The van der Waals surface area contributed by atoms with Crippen LogP contribution >= 0.6 is 0 Å². The Kier molecular flexibility index (Phi) is 3.74. The van der Waals surface area contributed by atoms with Crippen LogP contribution in [-0.4, -0.2) is 20.1 Å². The fourth-order valence-electron chi connectivity index (χ4n) is 2.04. The van der Waals surface area contributed by atoms with Gasteiger partial charge in [0.2, 0.25) is 5.89 Å². The second-order valence-corrected chi connectivity index (χ2v) is 4.74. The van der Waals surface area contributed by atoms with E-state index in [-0.39, 0.29) is 5.82 Å². The number of nitrogens with one attached hydrogen (secondary N) is 1. The van der Waals surface area contributed by atoms with Gasteiger partial charge in [-0.1, -0.05) is 17.3 Å². The van der Waals surface area contributed by atoms with Gasteiger partial charge in [-0.25, -0.2) is 9.37 Å².